The SMILES string of the molecule is CC(C)NCc1cnc(N2CCC(C)(C)CC2)c(Cl)c1. The Hall–Kier alpha value is -0.800. The van der Waals surface area contributed by atoms with Gasteiger partial charge < -0.3 is 10.2 Å². The summed E-state index contributed by atoms with van der Waals surface area (Å²) in [5, 5.41) is 4.16. The van der Waals surface area contributed by atoms with Gasteiger partial charge in [0.25, 0.3) is 0 Å². The molecular formula is C16H26ClN3. The van der Waals surface area contributed by atoms with Crippen molar-refractivity contribution in [2.75, 3.05) is 18.0 Å². The van der Waals surface area contributed by atoms with E-state index < -0.39 is 0 Å². The first kappa shape index (κ1) is 15.6. The van der Waals surface area contributed by atoms with Crippen LogP contribution in [0.1, 0.15) is 46.1 Å². The van der Waals surface area contributed by atoms with E-state index in [1.54, 1.807) is 0 Å². The average molecular weight is 296 g/mol. The quantitative estimate of drug-likeness (QED) is 0.914. The van der Waals surface area contributed by atoms with Gasteiger partial charge in [-0.1, -0.05) is 39.3 Å². The highest BCUT2D eigenvalue weighted by molar-refractivity contribution is 6.33. The maximum absolute atomic E-state index is 6.42. The van der Waals surface area contributed by atoms with Gasteiger partial charge in [-0.2, -0.15) is 0 Å². The van der Waals surface area contributed by atoms with E-state index in [9.17, 15) is 0 Å². The van der Waals surface area contributed by atoms with Crippen molar-refractivity contribution in [3.63, 3.8) is 0 Å². The predicted molar refractivity (Wildman–Crippen MR) is 86.5 cm³/mol. The highest BCUT2D eigenvalue weighted by Gasteiger charge is 2.26. The monoisotopic (exact) mass is 295 g/mol. The molecule has 1 N–H and O–H groups in total. The van der Waals surface area contributed by atoms with Crippen molar-refractivity contribution in [2.24, 2.45) is 5.41 Å². The molecule has 0 aliphatic carbocycles. The summed E-state index contributed by atoms with van der Waals surface area (Å²) in [7, 11) is 0. The Labute approximate surface area is 127 Å². The second-order valence-electron chi connectivity index (χ2n) is 6.84. The van der Waals surface area contributed by atoms with E-state index in [0.29, 0.717) is 11.5 Å². The zero-order valence-electron chi connectivity index (χ0n) is 13.0. The number of nitrogens with one attached hydrogen (secondary N) is 1. The number of nitrogens with zero attached hydrogens (tertiary/aromatic N) is 2. The lowest BCUT2D eigenvalue weighted by Crippen LogP contribution is -2.37. The van der Waals surface area contributed by atoms with Crippen LogP contribution in [-0.2, 0) is 6.54 Å². The van der Waals surface area contributed by atoms with E-state index in [1.807, 2.05) is 12.3 Å². The minimum atomic E-state index is 0.449. The molecule has 1 saturated heterocycles. The highest BCUT2D eigenvalue weighted by Crippen LogP contribution is 2.34. The summed E-state index contributed by atoms with van der Waals surface area (Å²) in [4.78, 5) is 6.89. The standard InChI is InChI=1S/C16H26ClN3/c1-12(2)18-10-13-9-14(17)15(19-11-13)20-7-5-16(3,4)6-8-20/h9,11-12,18H,5-8,10H2,1-4H3. The van der Waals surface area contributed by atoms with Crippen LogP contribution in [0.2, 0.25) is 5.02 Å². The maximum Gasteiger partial charge on any atom is 0.147 e. The molecule has 112 valence electrons. The van der Waals surface area contributed by atoms with Crippen LogP contribution < -0.4 is 10.2 Å². The Bertz CT molecular complexity index is 447. The zero-order valence-corrected chi connectivity index (χ0v) is 13.8. The predicted octanol–water partition coefficient (Wildman–Crippen LogP) is 3.86. The fourth-order valence-electron chi connectivity index (χ4n) is 2.45. The van der Waals surface area contributed by atoms with Crippen molar-refractivity contribution in [1.82, 2.24) is 10.3 Å². The molecular weight excluding hydrogens is 270 g/mol. The summed E-state index contributed by atoms with van der Waals surface area (Å²) in [5.74, 6) is 0.940. The molecule has 1 aliphatic rings. The smallest absolute Gasteiger partial charge is 0.147 e. The van der Waals surface area contributed by atoms with Gasteiger partial charge in [0.15, 0.2) is 0 Å². The van der Waals surface area contributed by atoms with Crippen molar-refractivity contribution in [3.05, 3.63) is 22.8 Å². The normalized spacial score (nSPS) is 18.6. The van der Waals surface area contributed by atoms with Crippen molar-refractivity contribution < 1.29 is 0 Å². The molecule has 1 fully saturated rings. The van der Waals surface area contributed by atoms with Gasteiger partial charge >= 0.3 is 0 Å². The van der Waals surface area contributed by atoms with Gasteiger partial charge in [0.1, 0.15) is 5.82 Å². The number of hydrogen-bond donors (Lipinski definition) is 1. The van der Waals surface area contributed by atoms with Crippen molar-refractivity contribution >= 4 is 17.4 Å². The molecule has 2 rings (SSSR count). The first-order chi connectivity index (χ1) is 9.37. The Balaban J connectivity index is 2.03. The Kier molecular flexibility index (Phi) is 4.92. The van der Waals surface area contributed by atoms with E-state index >= 15 is 0 Å². The molecule has 3 nitrogen and oxygen atoms in total. The molecule has 2 heterocycles. The average Bonchev–Trinajstić information content (AvgIpc) is 2.37. The molecule has 1 aromatic rings. The van der Waals surface area contributed by atoms with E-state index in [-0.39, 0.29) is 0 Å². The van der Waals surface area contributed by atoms with E-state index in [4.69, 9.17) is 11.6 Å². The molecule has 0 spiro atoms. The lowest BCUT2D eigenvalue weighted by molar-refractivity contribution is 0.279. The van der Waals surface area contributed by atoms with E-state index in [2.05, 4.69) is 42.9 Å². The number of rotatable bonds is 4. The van der Waals surface area contributed by atoms with Crippen LogP contribution in [0.25, 0.3) is 0 Å². The molecule has 0 saturated carbocycles. The van der Waals surface area contributed by atoms with Crippen LogP contribution in [0.4, 0.5) is 5.82 Å². The van der Waals surface area contributed by atoms with Crippen LogP contribution in [0.15, 0.2) is 12.3 Å². The number of anilines is 1. The van der Waals surface area contributed by atoms with Crippen LogP contribution in [0.3, 0.4) is 0 Å². The molecule has 0 aromatic carbocycles. The molecule has 4 heteroatoms. The third-order valence-corrected chi connectivity index (χ3v) is 4.29. The summed E-state index contributed by atoms with van der Waals surface area (Å²) in [5.41, 5.74) is 1.59. The minimum Gasteiger partial charge on any atom is -0.355 e. The van der Waals surface area contributed by atoms with Gasteiger partial charge in [0, 0.05) is 31.9 Å². The van der Waals surface area contributed by atoms with Crippen molar-refractivity contribution in [1.29, 1.82) is 0 Å². The first-order valence-corrected chi connectivity index (χ1v) is 7.88. The Morgan fingerprint density at radius 3 is 2.55 bits per heavy atom. The van der Waals surface area contributed by atoms with Gasteiger partial charge in [0.2, 0.25) is 0 Å². The maximum atomic E-state index is 6.42. The fourth-order valence-corrected chi connectivity index (χ4v) is 2.75. The van der Waals surface area contributed by atoms with Crippen molar-refractivity contribution in [3.8, 4) is 0 Å². The number of piperidine rings is 1. The topological polar surface area (TPSA) is 28.2 Å². The lowest BCUT2D eigenvalue weighted by Gasteiger charge is -2.37. The molecule has 20 heavy (non-hydrogen) atoms. The molecule has 1 aromatic heterocycles. The number of pyridine rings is 1. The summed E-state index contributed by atoms with van der Waals surface area (Å²) in [6.07, 6.45) is 4.33. The summed E-state index contributed by atoms with van der Waals surface area (Å²) in [6, 6.07) is 2.51. The molecule has 0 atom stereocenters. The lowest BCUT2D eigenvalue weighted by atomic mass is 9.83. The largest absolute Gasteiger partial charge is 0.355 e. The second-order valence-corrected chi connectivity index (χ2v) is 7.24. The van der Waals surface area contributed by atoms with Crippen molar-refractivity contribution in [2.45, 2.75) is 53.1 Å². The van der Waals surface area contributed by atoms with Gasteiger partial charge in [-0.05, 0) is 29.9 Å². The summed E-state index contributed by atoms with van der Waals surface area (Å²) < 4.78 is 0. The van der Waals surface area contributed by atoms with E-state index in [1.165, 1.54) is 12.8 Å². The Morgan fingerprint density at radius 1 is 1.35 bits per heavy atom. The van der Waals surface area contributed by atoms with Gasteiger partial charge in [-0.25, -0.2) is 4.98 Å². The molecule has 0 radical (unpaired) electrons. The van der Waals surface area contributed by atoms with Gasteiger partial charge in [-0.15, -0.1) is 0 Å². The van der Waals surface area contributed by atoms with Crippen LogP contribution in [-0.4, -0.2) is 24.1 Å². The second kappa shape index (κ2) is 6.31. The van der Waals surface area contributed by atoms with Crippen LogP contribution in [0.5, 0.6) is 0 Å². The number of hydrogen-bond acceptors (Lipinski definition) is 3. The van der Waals surface area contributed by atoms with E-state index in [0.717, 1.165) is 36.0 Å². The molecule has 1 aliphatic heterocycles. The number of halogens is 1. The third-order valence-electron chi connectivity index (χ3n) is 4.01. The third kappa shape index (κ3) is 4.10. The highest BCUT2D eigenvalue weighted by atomic mass is 35.5. The summed E-state index contributed by atoms with van der Waals surface area (Å²) >= 11 is 6.42. The Morgan fingerprint density at radius 2 is 2.00 bits per heavy atom. The zero-order chi connectivity index (χ0) is 14.8. The fraction of sp³-hybridized carbons (Fsp3) is 0.688. The first-order valence-electron chi connectivity index (χ1n) is 7.50. The molecule has 0 unspecified atom stereocenters. The number of aromatic nitrogens is 1. The van der Waals surface area contributed by atoms with Gasteiger partial charge in [-0.3, -0.25) is 0 Å². The van der Waals surface area contributed by atoms with Crippen LogP contribution >= 0.6 is 11.6 Å². The van der Waals surface area contributed by atoms with Gasteiger partial charge in [0.05, 0.1) is 5.02 Å². The minimum absolute atomic E-state index is 0.449. The summed E-state index contributed by atoms with van der Waals surface area (Å²) in [6.45, 7) is 11.8. The van der Waals surface area contributed by atoms with Crippen LogP contribution in [0, 0.1) is 5.41 Å². The molecule has 0 bridgehead atoms. The molecule has 0 amide bonds.